The minimum atomic E-state index is -1.38. The van der Waals surface area contributed by atoms with Crippen molar-refractivity contribution >= 4 is 71.6 Å². The van der Waals surface area contributed by atoms with Crippen LogP contribution in [0, 0.1) is 0 Å². The summed E-state index contributed by atoms with van der Waals surface area (Å²) in [6, 6.07) is 68.5. The molecule has 2 aliphatic carbocycles. The van der Waals surface area contributed by atoms with E-state index in [0.29, 0.717) is 5.46 Å². The molecule has 58 heavy (non-hydrogen) atoms. The topological polar surface area (TPSA) is 40.5 Å². The van der Waals surface area contributed by atoms with Crippen molar-refractivity contribution in [1.29, 1.82) is 0 Å². The van der Waals surface area contributed by atoms with Crippen LogP contribution < -0.4 is 5.46 Å². The maximum absolute atomic E-state index is 8.94. The average molecular weight is 810 g/mol. The summed E-state index contributed by atoms with van der Waals surface area (Å²) in [5.41, 5.74) is 14.5. The molecule has 0 fully saturated rings. The van der Waals surface area contributed by atoms with E-state index in [0.717, 1.165) is 28.1 Å². The zero-order valence-corrected chi connectivity index (χ0v) is 33.3. The largest absolute Gasteiger partial charge is 0.488 e. The van der Waals surface area contributed by atoms with Crippen molar-refractivity contribution in [3.63, 3.8) is 0 Å². The van der Waals surface area contributed by atoms with Crippen molar-refractivity contribution < 1.29 is 10.0 Å². The minimum Gasteiger partial charge on any atom is -0.423 e. The second-order valence-electron chi connectivity index (χ2n) is 15.2. The van der Waals surface area contributed by atoms with Crippen molar-refractivity contribution in [3.05, 3.63) is 221 Å². The van der Waals surface area contributed by atoms with Crippen LogP contribution in [0.1, 0.15) is 22.3 Å². The van der Waals surface area contributed by atoms with Gasteiger partial charge >= 0.3 is 7.12 Å². The van der Waals surface area contributed by atoms with Crippen LogP contribution in [0.25, 0.3) is 76.5 Å². The number of fused-ring (bicyclic) bond motifs is 12. The Hall–Kier alpha value is -6.30. The predicted molar refractivity (Wildman–Crippen MR) is 249 cm³/mol. The Balaban J connectivity index is 0.000000114. The summed E-state index contributed by atoms with van der Waals surface area (Å²) < 4.78 is 1.15. The van der Waals surface area contributed by atoms with E-state index in [4.69, 9.17) is 10.0 Å². The molecule has 0 saturated heterocycles. The molecule has 2 N–H and O–H groups in total. The fourth-order valence-corrected chi connectivity index (χ4v) is 9.16. The van der Waals surface area contributed by atoms with Crippen molar-refractivity contribution in [3.8, 4) is 33.4 Å². The number of hydrogen-bond acceptors (Lipinski definition) is 2. The highest BCUT2D eigenvalue weighted by Crippen LogP contribution is 2.43. The first-order valence-electron chi connectivity index (χ1n) is 19.7. The minimum absolute atomic E-state index is 0.527. The SMILES string of the molecule is Brc1ccc2ccc3c(c2c1)-c1ccccc1C3.OB(O)c1ccc2ccccc2c1.c1ccc2c(c1)Cc1ccc3ccc(-c4ccc5ccccc5c4)cc3c1-2. The van der Waals surface area contributed by atoms with Gasteiger partial charge in [-0.05, 0) is 141 Å². The molecule has 0 aromatic heterocycles. The second-order valence-corrected chi connectivity index (χ2v) is 16.1. The molecule has 10 aromatic rings. The molecule has 0 radical (unpaired) electrons. The maximum Gasteiger partial charge on any atom is 0.488 e. The third-order valence-corrected chi connectivity index (χ3v) is 12.2. The predicted octanol–water partition coefficient (Wildman–Crippen LogP) is 12.9. The van der Waals surface area contributed by atoms with Gasteiger partial charge in [0, 0.05) is 4.47 Å². The molecule has 10 aromatic carbocycles. The van der Waals surface area contributed by atoms with Crippen LogP contribution in [0.2, 0.25) is 0 Å². The average Bonchev–Trinajstić information content (AvgIpc) is 3.85. The number of rotatable bonds is 2. The molecule has 2 nitrogen and oxygen atoms in total. The summed E-state index contributed by atoms with van der Waals surface area (Å²) in [6.45, 7) is 0. The Kier molecular flexibility index (Phi) is 9.47. The van der Waals surface area contributed by atoms with Crippen molar-refractivity contribution in [2.24, 2.45) is 0 Å². The zero-order valence-electron chi connectivity index (χ0n) is 31.7. The Morgan fingerprint density at radius 1 is 0.362 bits per heavy atom. The Morgan fingerprint density at radius 2 is 0.810 bits per heavy atom. The van der Waals surface area contributed by atoms with E-state index in [9.17, 15) is 0 Å². The van der Waals surface area contributed by atoms with Gasteiger partial charge in [-0.3, -0.25) is 0 Å². The first-order chi connectivity index (χ1) is 28.5. The van der Waals surface area contributed by atoms with Gasteiger partial charge in [-0.25, -0.2) is 0 Å². The zero-order chi connectivity index (χ0) is 39.2. The van der Waals surface area contributed by atoms with Gasteiger partial charge in [0.1, 0.15) is 0 Å². The number of halogens is 1. The molecule has 0 saturated carbocycles. The molecule has 0 amide bonds. The van der Waals surface area contributed by atoms with Crippen molar-refractivity contribution in [2.45, 2.75) is 12.8 Å². The summed E-state index contributed by atoms with van der Waals surface area (Å²) in [7, 11) is -1.38. The van der Waals surface area contributed by atoms with Crippen molar-refractivity contribution in [1.82, 2.24) is 0 Å². The molecule has 12 rings (SSSR count). The highest BCUT2D eigenvalue weighted by Gasteiger charge is 2.21. The van der Waals surface area contributed by atoms with Gasteiger partial charge in [0.2, 0.25) is 0 Å². The van der Waals surface area contributed by atoms with Crippen LogP contribution in [-0.4, -0.2) is 17.2 Å². The fourth-order valence-electron chi connectivity index (χ4n) is 8.80. The third kappa shape index (κ3) is 6.80. The van der Waals surface area contributed by atoms with E-state index in [-0.39, 0.29) is 0 Å². The summed E-state index contributed by atoms with van der Waals surface area (Å²) in [6.07, 6.45) is 2.11. The van der Waals surface area contributed by atoms with Crippen molar-refractivity contribution in [2.75, 3.05) is 0 Å². The summed E-state index contributed by atoms with van der Waals surface area (Å²) >= 11 is 3.58. The maximum atomic E-state index is 8.94. The van der Waals surface area contributed by atoms with Crippen LogP contribution in [0.3, 0.4) is 0 Å². The van der Waals surface area contributed by atoms with E-state index in [1.54, 1.807) is 12.1 Å². The van der Waals surface area contributed by atoms with Gasteiger partial charge in [-0.2, -0.15) is 0 Å². The molecule has 0 aliphatic heterocycles. The number of hydrogen-bond donors (Lipinski definition) is 2. The van der Waals surface area contributed by atoms with Crippen LogP contribution >= 0.6 is 15.9 Å². The van der Waals surface area contributed by atoms with Gasteiger partial charge in [-0.1, -0.05) is 186 Å². The summed E-state index contributed by atoms with van der Waals surface area (Å²) in [5, 5.41) is 27.9. The van der Waals surface area contributed by atoms with Gasteiger partial charge in [0.15, 0.2) is 0 Å². The molecule has 0 atom stereocenters. The lowest BCUT2D eigenvalue weighted by atomic mass is 9.79. The van der Waals surface area contributed by atoms with E-state index in [1.807, 2.05) is 30.3 Å². The van der Waals surface area contributed by atoms with E-state index in [2.05, 4.69) is 168 Å². The molecular formula is C54H38BBrO2. The van der Waals surface area contributed by atoms with Crippen LogP contribution in [0.15, 0.2) is 199 Å². The third-order valence-electron chi connectivity index (χ3n) is 11.7. The lowest BCUT2D eigenvalue weighted by Gasteiger charge is -2.10. The Labute approximate surface area is 347 Å². The van der Waals surface area contributed by atoms with Gasteiger partial charge in [0.25, 0.3) is 0 Å². The molecule has 0 unspecified atom stereocenters. The Bertz CT molecular complexity index is 3190. The van der Waals surface area contributed by atoms with Gasteiger partial charge < -0.3 is 10.0 Å². The monoisotopic (exact) mass is 808 g/mol. The van der Waals surface area contributed by atoms with E-state index in [1.165, 1.54) is 88.0 Å². The Morgan fingerprint density at radius 3 is 1.41 bits per heavy atom. The molecule has 0 spiro atoms. The highest BCUT2D eigenvalue weighted by molar-refractivity contribution is 9.10. The summed E-state index contributed by atoms with van der Waals surface area (Å²) in [5.74, 6) is 0. The standard InChI is InChI=1S/C27H18.C17H11Br.C10H9BO2/c1-2-6-20-15-21(12-9-18(20)5-1)22-13-10-19-11-14-24-16-23-7-3-4-8-25(23)27(24)26(19)17-22;18-14-8-7-11-5-6-13-9-12-3-1-2-4-15(12)17(13)16(11)10-14;12-11(13)10-6-5-8-3-1-2-4-9(8)7-10/h1-15,17H,16H2;1-8,10H,9H2;1-7,12-13H. The molecule has 0 heterocycles. The first-order valence-corrected chi connectivity index (χ1v) is 20.5. The molecule has 0 bridgehead atoms. The van der Waals surface area contributed by atoms with Crippen LogP contribution in [0.4, 0.5) is 0 Å². The molecule has 2 aliphatic rings. The van der Waals surface area contributed by atoms with E-state index >= 15 is 0 Å². The normalized spacial score (nSPS) is 11.9. The van der Waals surface area contributed by atoms with Crippen LogP contribution in [0.5, 0.6) is 0 Å². The fraction of sp³-hybridized carbons (Fsp3) is 0.0370. The first kappa shape index (κ1) is 36.1. The smallest absolute Gasteiger partial charge is 0.423 e. The lowest BCUT2D eigenvalue weighted by Crippen LogP contribution is -2.29. The lowest BCUT2D eigenvalue weighted by molar-refractivity contribution is 0.426. The molecule has 276 valence electrons. The van der Waals surface area contributed by atoms with Gasteiger partial charge in [0.05, 0.1) is 0 Å². The summed E-state index contributed by atoms with van der Waals surface area (Å²) in [4.78, 5) is 0. The van der Waals surface area contributed by atoms with E-state index < -0.39 is 7.12 Å². The molecular weight excluding hydrogens is 771 g/mol. The van der Waals surface area contributed by atoms with Crippen LogP contribution in [-0.2, 0) is 12.8 Å². The highest BCUT2D eigenvalue weighted by atomic mass is 79.9. The second kappa shape index (κ2) is 15.2. The van der Waals surface area contributed by atoms with Gasteiger partial charge in [-0.15, -0.1) is 0 Å². The number of benzene rings is 10. The quantitative estimate of drug-likeness (QED) is 0.171. The molecule has 4 heteroatoms.